The van der Waals surface area contributed by atoms with Gasteiger partial charge in [0.05, 0.1) is 0 Å². The van der Waals surface area contributed by atoms with E-state index < -0.39 is 10.4 Å². The molecule has 1 aromatic rings. The van der Waals surface area contributed by atoms with E-state index in [1.54, 1.807) is 0 Å². The van der Waals surface area contributed by atoms with Gasteiger partial charge in [-0.3, -0.25) is 0 Å². The molecule has 0 unspecified atom stereocenters. The minimum Gasteiger partial charge on any atom is -0.380 e. The van der Waals surface area contributed by atoms with Gasteiger partial charge < -0.3 is 14.1 Å². The van der Waals surface area contributed by atoms with Crippen LogP contribution in [-0.4, -0.2) is 13.4 Å². The van der Waals surface area contributed by atoms with Crippen LogP contribution in [-0.2, 0) is 10.4 Å². The lowest BCUT2D eigenvalue weighted by molar-refractivity contribution is 0.436. The summed E-state index contributed by atoms with van der Waals surface area (Å²) < 4.78 is 30.2. The second kappa shape index (κ2) is 2.01. The third-order valence-corrected chi connectivity index (χ3v) is 2.03. The first-order valence-corrected chi connectivity index (χ1v) is 4.30. The standard InChI is InChI=1S/C5H4N2O4S/c6-5-4-3(1-2-7-5)10-12(8,9)11-4/h1-2H,(H2,6,7). The maximum Gasteiger partial charge on any atom is 0.501 e. The molecule has 1 aliphatic heterocycles. The number of nitrogen functional groups attached to an aromatic ring is 1. The summed E-state index contributed by atoms with van der Waals surface area (Å²) in [5.74, 6) is 0.0218. The van der Waals surface area contributed by atoms with Crippen molar-refractivity contribution in [2.45, 2.75) is 0 Å². The number of rotatable bonds is 0. The van der Waals surface area contributed by atoms with Crippen molar-refractivity contribution in [2.24, 2.45) is 0 Å². The Balaban J connectivity index is 2.63. The third-order valence-electron chi connectivity index (χ3n) is 1.27. The summed E-state index contributed by atoms with van der Waals surface area (Å²) in [6, 6.07) is 1.36. The van der Waals surface area contributed by atoms with Gasteiger partial charge in [0, 0.05) is 12.3 Å². The molecule has 64 valence electrons. The van der Waals surface area contributed by atoms with Gasteiger partial charge in [0.2, 0.25) is 5.75 Å². The number of hydrogen-bond donors (Lipinski definition) is 1. The average molecular weight is 188 g/mol. The van der Waals surface area contributed by atoms with Crippen LogP contribution in [0.25, 0.3) is 0 Å². The Bertz CT molecular complexity index is 427. The second-order valence-corrected chi connectivity index (χ2v) is 3.25. The monoisotopic (exact) mass is 188 g/mol. The molecule has 0 aromatic carbocycles. The van der Waals surface area contributed by atoms with Crippen molar-refractivity contribution >= 4 is 16.2 Å². The SMILES string of the molecule is Nc1nccc2c1OS(=O)(=O)O2. The Kier molecular flexibility index (Phi) is 1.20. The lowest BCUT2D eigenvalue weighted by atomic mass is 10.4. The average Bonchev–Trinajstić information content (AvgIpc) is 2.25. The number of hydrogen-bond acceptors (Lipinski definition) is 6. The lowest BCUT2D eigenvalue weighted by Gasteiger charge is -1.93. The maximum absolute atomic E-state index is 10.7. The van der Waals surface area contributed by atoms with Crippen LogP contribution in [0, 0.1) is 0 Å². The van der Waals surface area contributed by atoms with Crippen molar-refractivity contribution in [1.82, 2.24) is 4.98 Å². The van der Waals surface area contributed by atoms with Crippen LogP contribution in [0.2, 0.25) is 0 Å². The number of nitrogens with zero attached hydrogens (tertiary/aromatic N) is 1. The molecule has 6 nitrogen and oxygen atoms in total. The number of aromatic nitrogens is 1. The Hall–Kier alpha value is -1.50. The molecule has 0 saturated heterocycles. The summed E-state index contributed by atoms with van der Waals surface area (Å²) in [5.41, 5.74) is 5.31. The topological polar surface area (TPSA) is 91.5 Å². The number of anilines is 1. The molecule has 0 spiro atoms. The maximum atomic E-state index is 10.7. The summed E-state index contributed by atoms with van der Waals surface area (Å²) in [4.78, 5) is 3.62. The number of nitrogens with two attached hydrogens (primary N) is 1. The Morgan fingerprint density at radius 2 is 2.17 bits per heavy atom. The van der Waals surface area contributed by atoms with E-state index in [9.17, 15) is 8.42 Å². The fraction of sp³-hybridized carbons (Fsp3) is 0. The highest BCUT2D eigenvalue weighted by Crippen LogP contribution is 2.38. The van der Waals surface area contributed by atoms with Gasteiger partial charge in [0.1, 0.15) is 0 Å². The fourth-order valence-corrected chi connectivity index (χ4v) is 1.58. The van der Waals surface area contributed by atoms with Crippen LogP contribution < -0.4 is 14.1 Å². The molecule has 0 saturated carbocycles. The highest BCUT2D eigenvalue weighted by atomic mass is 32.3. The van der Waals surface area contributed by atoms with E-state index in [0.717, 1.165) is 0 Å². The van der Waals surface area contributed by atoms with Crippen LogP contribution >= 0.6 is 0 Å². The van der Waals surface area contributed by atoms with E-state index >= 15 is 0 Å². The largest absolute Gasteiger partial charge is 0.501 e. The molecule has 0 radical (unpaired) electrons. The van der Waals surface area contributed by atoms with E-state index in [1.165, 1.54) is 12.3 Å². The molecule has 12 heavy (non-hydrogen) atoms. The van der Waals surface area contributed by atoms with Crippen LogP contribution in [0.4, 0.5) is 5.82 Å². The molecule has 2 rings (SSSR count). The van der Waals surface area contributed by atoms with Crippen molar-refractivity contribution in [3.8, 4) is 11.5 Å². The molecule has 7 heteroatoms. The minimum atomic E-state index is -3.95. The first-order valence-electron chi connectivity index (χ1n) is 2.97. The van der Waals surface area contributed by atoms with Crippen molar-refractivity contribution in [2.75, 3.05) is 5.73 Å². The molecule has 0 bridgehead atoms. The molecule has 2 N–H and O–H groups in total. The first-order chi connectivity index (χ1) is 5.58. The van der Waals surface area contributed by atoms with Crippen LogP contribution in [0.1, 0.15) is 0 Å². The van der Waals surface area contributed by atoms with Crippen LogP contribution in [0.15, 0.2) is 12.3 Å². The van der Waals surface area contributed by atoms with Crippen LogP contribution in [0.3, 0.4) is 0 Å². The van der Waals surface area contributed by atoms with Gasteiger partial charge in [0.15, 0.2) is 11.6 Å². The summed E-state index contributed by atoms with van der Waals surface area (Å²) in [6.07, 6.45) is 1.33. The Morgan fingerprint density at radius 1 is 1.42 bits per heavy atom. The molecule has 2 heterocycles. The zero-order valence-electron chi connectivity index (χ0n) is 5.72. The normalized spacial score (nSPS) is 17.7. The van der Waals surface area contributed by atoms with Crippen molar-refractivity contribution in [3.05, 3.63) is 12.3 Å². The molecule has 0 amide bonds. The smallest absolute Gasteiger partial charge is 0.380 e. The van der Waals surface area contributed by atoms with Crippen LogP contribution in [0.5, 0.6) is 11.5 Å². The summed E-state index contributed by atoms with van der Waals surface area (Å²) in [7, 11) is -3.95. The third kappa shape index (κ3) is 0.944. The van der Waals surface area contributed by atoms with Crippen molar-refractivity contribution in [1.29, 1.82) is 0 Å². The predicted molar refractivity (Wildman–Crippen MR) is 38.8 cm³/mol. The lowest BCUT2D eigenvalue weighted by Crippen LogP contribution is -2.08. The quantitative estimate of drug-likeness (QED) is 0.599. The molecular weight excluding hydrogens is 184 g/mol. The molecule has 0 aliphatic carbocycles. The molecule has 1 aromatic heterocycles. The van der Waals surface area contributed by atoms with Crippen molar-refractivity contribution < 1.29 is 16.8 Å². The number of fused-ring (bicyclic) bond motifs is 1. The van der Waals surface area contributed by atoms with Gasteiger partial charge in [-0.2, -0.15) is 0 Å². The van der Waals surface area contributed by atoms with Gasteiger partial charge in [-0.25, -0.2) is 4.98 Å². The summed E-state index contributed by atoms with van der Waals surface area (Å²) in [5, 5.41) is 0. The van der Waals surface area contributed by atoms with E-state index in [2.05, 4.69) is 13.4 Å². The Labute approximate surface area is 68.3 Å². The zero-order valence-corrected chi connectivity index (χ0v) is 6.54. The fourth-order valence-electron chi connectivity index (χ4n) is 0.824. The van der Waals surface area contributed by atoms with E-state index in [0.29, 0.717) is 0 Å². The van der Waals surface area contributed by atoms with E-state index in [-0.39, 0.29) is 17.3 Å². The highest BCUT2D eigenvalue weighted by molar-refractivity contribution is 7.82. The molecule has 0 atom stereocenters. The van der Waals surface area contributed by atoms with E-state index in [4.69, 9.17) is 5.73 Å². The molecule has 1 aliphatic rings. The zero-order chi connectivity index (χ0) is 8.77. The van der Waals surface area contributed by atoms with Crippen molar-refractivity contribution in [3.63, 3.8) is 0 Å². The first kappa shape index (κ1) is 7.17. The minimum absolute atomic E-state index is 0.00595. The van der Waals surface area contributed by atoms with Gasteiger partial charge in [0.25, 0.3) is 0 Å². The van der Waals surface area contributed by atoms with Gasteiger partial charge in [-0.1, -0.05) is 0 Å². The van der Waals surface area contributed by atoms with E-state index in [1.807, 2.05) is 0 Å². The predicted octanol–water partition coefficient (Wildman–Crippen LogP) is -0.320. The molecular formula is C5H4N2O4S. The Morgan fingerprint density at radius 3 is 2.83 bits per heavy atom. The summed E-state index contributed by atoms with van der Waals surface area (Å²) in [6.45, 7) is 0. The number of pyridine rings is 1. The van der Waals surface area contributed by atoms with Gasteiger partial charge in [-0.05, 0) is 0 Å². The molecule has 0 fully saturated rings. The highest BCUT2D eigenvalue weighted by Gasteiger charge is 2.30. The van der Waals surface area contributed by atoms with Gasteiger partial charge in [-0.15, -0.1) is 8.42 Å². The summed E-state index contributed by atoms with van der Waals surface area (Å²) >= 11 is 0. The second-order valence-electron chi connectivity index (χ2n) is 2.10. The van der Waals surface area contributed by atoms with Gasteiger partial charge >= 0.3 is 10.4 Å².